The van der Waals surface area contributed by atoms with Crippen LogP contribution < -0.4 is 20.5 Å². The van der Waals surface area contributed by atoms with Crippen molar-refractivity contribution >= 4 is 22.4 Å². The summed E-state index contributed by atoms with van der Waals surface area (Å²) in [5.74, 6) is 1.87. The first-order valence-electron chi connectivity index (χ1n) is 11.1. The van der Waals surface area contributed by atoms with Gasteiger partial charge in [0.1, 0.15) is 24.4 Å². The third-order valence-electron chi connectivity index (χ3n) is 5.56. The molecule has 0 bridgehead atoms. The van der Waals surface area contributed by atoms with Gasteiger partial charge in [0.05, 0.1) is 44.1 Å². The van der Waals surface area contributed by atoms with Gasteiger partial charge in [0, 0.05) is 17.1 Å². The van der Waals surface area contributed by atoms with E-state index in [0.717, 1.165) is 12.1 Å². The van der Waals surface area contributed by atoms with E-state index in [-0.39, 0.29) is 18.4 Å². The smallest absolute Gasteiger partial charge is 0.416 e. The molecule has 0 radical (unpaired) electrons. The molecule has 2 heterocycles. The second kappa shape index (κ2) is 10.1. The zero-order valence-electron chi connectivity index (χ0n) is 19.6. The Labute approximate surface area is 200 Å². The van der Waals surface area contributed by atoms with Gasteiger partial charge in [0.15, 0.2) is 11.5 Å². The molecule has 35 heavy (non-hydrogen) atoms. The van der Waals surface area contributed by atoms with Gasteiger partial charge in [-0.05, 0) is 43.7 Å². The predicted octanol–water partition coefficient (Wildman–Crippen LogP) is 4.52. The van der Waals surface area contributed by atoms with Crippen LogP contribution in [0.3, 0.4) is 0 Å². The van der Waals surface area contributed by atoms with Gasteiger partial charge in [-0.25, -0.2) is 9.97 Å². The number of nitrogens with one attached hydrogen (secondary N) is 1. The van der Waals surface area contributed by atoms with Crippen LogP contribution in [0.1, 0.15) is 29.9 Å². The van der Waals surface area contributed by atoms with Crippen LogP contribution >= 0.6 is 0 Å². The maximum absolute atomic E-state index is 13.3. The highest BCUT2D eigenvalue weighted by atomic mass is 19.4. The van der Waals surface area contributed by atoms with E-state index in [4.69, 9.17) is 24.7 Å². The molecule has 0 aliphatic carbocycles. The Morgan fingerprint density at radius 1 is 1.14 bits per heavy atom. The number of ether oxygens (including phenoxy) is 4. The second-order valence-corrected chi connectivity index (χ2v) is 8.27. The van der Waals surface area contributed by atoms with Crippen molar-refractivity contribution in [3.63, 3.8) is 0 Å². The second-order valence-electron chi connectivity index (χ2n) is 8.27. The van der Waals surface area contributed by atoms with Crippen molar-refractivity contribution in [1.82, 2.24) is 9.97 Å². The van der Waals surface area contributed by atoms with Crippen molar-refractivity contribution in [3.8, 4) is 11.5 Å². The zero-order chi connectivity index (χ0) is 25.2. The van der Waals surface area contributed by atoms with Crippen LogP contribution in [0.25, 0.3) is 10.9 Å². The third-order valence-corrected chi connectivity index (χ3v) is 5.56. The number of nitrogens with zero attached hydrogens (tertiary/aromatic N) is 2. The average Bonchev–Trinajstić information content (AvgIpc) is 2.82. The molecule has 8 nitrogen and oxygen atoms in total. The minimum absolute atomic E-state index is 0.0292. The fraction of sp³-hybridized carbons (Fsp3) is 0.417. The minimum atomic E-state index is -4.50. The first-order valence-corrected chi connectivity index (χ1v) is 11.1. The van der Waals surface area contributed by atoms with Gasteiger partial charge in [0.25, 0.3) is 0 Å². The quantitative estimate of drug-likeness (QED) is 0.465. The van der Waals surface area contributed by atoms with E-state index < -0.39 is 17.8 Å². The van der Waals surface area contributed by atoms with Crippen LogP contribution in [0.5, 0.6) is 11.5 Å². The van der Waals surface area contributed by atoms with Gasteiger partial charge in [-0.15, -0.1) is 0 Å². The molecule has 3 N–H and O–H groups in total. The van der Waals surface area contributed by atoms with Crippen LogP contribution in [0.2, 0.25) is 0 Å². The number of nitrogen functional groups attached to an aromatic ring is 1. The molecule has 1 fully saturated rings. The Kier molecular flexibility index (Phi) is 7.18. The summed E-state index contributed by atoms with van der Waals surface area (Å²) in [5, 5.41) is 3.83. The van der Waals surface area contributed by atoms with E-state index in [0.29, 0.717) is 59.4 Å². The van der Waals surface area contributed by atoms with E-state index in [9.17, 15) is 13.2 Å². The molecular weight excluding hydrogens is 465 g/mol. The molecule has 0 amide bonds. The van der Waals surface area contributed by atoms with E-state index >= 15 is 0 Å². The van der Waals surface area contributed by atoms with Crippen molar-refractivity contribution in [1.29, 1.82) is 0 Å². The molecule has 188 valence electrons. The van der Waals surface area contributed by atoms with Gasteiger partial charge >= 0.3 is 6.18 Å². The number of nitrogens with two attached hydrogens (primary N) is 1. The zero-order valence-corrected chi connectivity index (χ0v) is 19.6. The Bertz CT molecular complexity index is 1200. The first kappa shape index (κ1) is 24.8. The number of aromatic nitrogens is 2. The fourth-order valence-corrected chi connectivity index (χ4v) is 3.83. The SMILES string of the molecule is COc1cc2nc(C)nc(N[C@H](C)c3cc(N)cc(C(F)(F)F)c3)c2cc1OCC1COCCO1. The number of methoxy groups -OCH3 is 1. The first-order chi connectivity index (χ1) is 16.6. The summed E-state index contributed by atoms with van der Waals surface area (Å²) >= 11 is 0. The Hall–Kier alpha value is -3.31. The molecule has 11 heteroatoms. The van der Waals surface area contributed by atoms with Crippen molar-refractivity contribution in [2.45, 2.75) is 32.2 Å². The highest BCUT2D eigenvalue weighted by molar-refractivity contribution is 5.92. The van der Waals surface area contributed by atoms with Crippen LogP contribution in [0, 0.1) is 6.92 Å². The number of fused-ring (bicyclic) bond motifs is 1. The summed E-state index contributed by atoms with van der Waals surface area (Å²) in [4.78, 5) is 8.97. The summed E-state index contributed by atoms with van der Waals surface area (Å²) in [6, 6.07) is 6.44. The highest BCUT2D eigenvalue weighted by Gasteiger charge is 2.31. The lowest BCUT2D eigenvalue weighted by Gasteiger charge is -2.23. The molecule has 2 aromatic carbocycles. The normalized spacial score (nSPS) is 17.3. The molecule has 1 aromatic heterocycles. The molecule has 1 saturated heterocycles. The van der Waals surface area contributed by atoms with Gasteiger partial charge in [0.2, 0.25) is 0 Å². The Morgan fingerprint density at radius 2 is 1.94 bits per heavy atom. The lowest BCUT2D eigenvalue weighted by atomic mass is 10.0. The lowest BCUT2D eigenvalue weighted by Crippen LogP contribution is -2.33. The van der Waals surface area contributed by atoms with Crippen LogP contribution in [0.15, 0.2) is 30.3 Å². The highest BCUT2D eigenvalue weighted by Crippen LogP contribution is 2.37. The van der Waals surface area contributed by atoms with Crippen molar-refractivity contribution in [3.05, 3.63) is 47.3 Å². The van der Waals surface area contributed by atoms with Crippen LogP contribution in [0.4, 0.5) is 24.7 Å². The third kappa shape index (κ3) is 5.85. The molecule has 2 atom stereocenters. The number of hydrogen-bond acceptors (Lipinski definition) is 8. The van der Waals surface area contributed by atoms with Gasteiger partial charge in [-0.2, -0.15) is 13.2 Å². The van der Waals surface area contributed by atoms with E-state index in [2.05, 4.69) is 15.3 Å². The monoisotopic (exact) mass is 492 g/mol. The maximum Gasteiger partial charge on any atom is 0.416 e. The number of alkyl halides is 3. The topological polar surface area (TPSA) is 101 Å². The molecule has 0 spiro atoms. The number of halogens is 3. The van der Waals surface area contributed by atoms with E-state index in [1.54, 1.807) is 26.0 Å². The molecule has 3 aromatic rings. The molecule has 1 unspecified atom stereocenters. The summed E-state index contributed by atoms with van der Waals surface area (Å²) < 4.78 is 62.3. The number of benzene rings is 2. The Balaban J connectivity index is 1.66. The molecular formula is C24H27F3N4O4. The van der Waals surface area contributed by atoms with E-state index in [1.807, 2.05) is 0 Å². The van der Waals surface area contributed by atoms with Crippen LogP contribution in [-0.4, -0.2) is 49.6 Å². The largest absolute Gasteiger partial charge is 0.493 e. The molecule has 4 rings (SSSR count). The predicted molar refractivity (Wildman–Crippen MR) is 125 cm³/mol. The number of hydrogen-bond donors (Lipinski definition) is 2. The number of anilines is 2. The summed E-state index contributed by atoms with van der Waals surface area (Å²) in [6.07, 6.45) is -4.71. The summed E-state index contributed by atoms with van der Waals surface area (Å²) in [6.45, 7) is 5.22. The van der Waals surface area contributed by atoms with Crippen molar-refractivity contribution in [2.75, 3.05) is 44.6 Å². The summed E-state index contributed by atoms with van der Waals surface area (Å²) in [5.41, 5.74) is 5.94. The van der Waals surface area contributed by atoms with Gasteiger partial charge in [-0.1, -0.05) is 0 Å². The fourth-order valence-electron chi connectivity index (χ4n) is 3.83. The van der Waals surface area contributed by atoms with Gasteiger partial charge < -0.3 is 30.0 Å². The maximum atomic E-state index is 13.3. The lowest BCUT2D eigenvalue weighted by molar-refractivity contribution is -0.137. The molecule has 1 aliphatic rings. The van der Waals surface area contributed by atoms with E-state index in [1.165, 1.54) is 13.2 Å². The Morgan fingerprint density at radius 3 is 2.63 bits per heavy atom. The standard InChI is InChI=1S/C24H27F3N4O4/c1-13(15-6-16(24(25,26)27)8-17(28)7-15)29-23-19-9-22(35-12-18-11-33-4-5-34-18)21(32-3)10-20(19)30-14(2)31-23/h6-10,13,18H,4-5,11-12,28H2,1-3H3,(H,29,30,31)/t13-,18?/m1/s1. The molecule has 0 saturated carbocycles. The summed E-state index contributed by atoms with van der Waals surface area (Å²) in [7, 11) is 1.53. The van der Waals surface area contributed by atoms with Crippen molar-refractivity contribution in [2.24, 2.45) is 0 Å². The molecule has 1 aliphatic heterocycles. The van der Waals surface area contributed by atoms with Crippen molar-refractivity contribution < 1.29 is 32.1 Å². The minimum Gasteiger partial charge on any atom is -0.493 e. The van der Waals surface area contributed by atoms with Crippen LogP contribution in [-0.2, 0) is 15.7 Å². The number of aryl methyl sites for hydroxylation is 1. The van der Waals surface area contributed by atoms with Gasteiger partial charge in [-0.3, -0.25) is 0 Å². The number of rotatable bonds is 7. The average molecular weight is 492 g/mol.